The number of cyclic esters (lactones) is 1. The molecule has 2 heterocycles. The molecule has 3 nitrogen and oxygen atoms in total. The van der Waals surface area contributed by atoms with Crippen LogP contribution in [0.4, 0.5) is 0 Å². The largest absolute Gasteiger partial charge is 0.447 e. The van der Waals surface area contributed by atoms with E-state index in [-0.39, 0.29) is 5.97 Å². The van der Waals surface area contributed by atoms with Gasteiger partial charge in [-0.25, -0.2) is 4.79 Å². The summed E-state index contributed by atoms with van der Waals surface area (Å²) < 4.78 is 5.74. The third-order valence-electron chi connectivity index (χ3n) is 4.79. The highest BCUT2D eigenvalue weighted by Gasteiger charge is 2.37. The summed E-state index contributed by atoms with van der Waals surface area (Å²) in [5.74, 6) is -0.285. The second-order valence-corrected chi connectivity index (χ2v) is 6.44. The van der Waals surface area contributed by atoms with Crippen molar-refractivity contribution in [1.82, 2.24) is 4.98 Å². The van der Waals surface area contributed by atoms with Crippen LogP contribution in [0, 0.1) is 0 Å². The summed E-state index contributed by atoms with van der Waals surface area (Å²) in [6.07, 6.45) is 8.48. The van der Waals surface area contributed by atoms with Gasteiger partial charge >= 0.3 is 5.97 Å². The van der Waals surface area contributed by atoms with Crippen molar-refractivity contribution >= 4 is 5.97 Å². The Morgan fingerprint density at radius 2 is 1.54 bits per heavy atom. The quantitative estimate of drug-likeness (QED) is 0.632. The van der Waals surface area contributed by atoms with Crippen molar-refractivity contribution in [2.45, 2.75) is 18.4 Å². The highest BCUT2D eigenvalue weighted by atomic mass is 16.6. The van der Waals surface area contributed by atoms with Gasteiger partial charge in [0.15, 0.2) is 5.60 Å². The van der Waals surface area contributed by atoms with Gasteiger partial charge in [0.05, 0.1) is 0 Å². The number of carbonyl (C=O) groups is 1. The van der Waals surface area contributed by atoms with E-state index in [0.29, 0.717) is 6.42 Å². The Balaban J connectivity index is 1.60. The Labute approximate surface area is 153 Å². The van der Waals surface area contributed by atoms with E-state index in [2.05, 4.69) is 41.4 Å². The molecule has 1 aliphatic heterocycles. The summed E-state index contributed by atoms with van der Waals surface area (Å²) in [7, 11) is 0. The van der Waals surface area contributed by atoms with Crippen molar-refractivity contribution in [1.29, 1.82) is 0 Å². The van der Waals surface area contributed by atoms with Crippen LogP contribution in [0.3, 0.4) is 0 Å². The summed E-state index contributed by atoms with van der Waals surface area (Å²) >= 11 is 0. The average Bonchev–Trinajstić information content (AvgIpc) is 3.10. The number of pyridine rings is 1. The number of esters is 1. The molecule has 0 N–H and O–H groups in total. The smallest absolute Gasteiger partial charge is 0.331 e. The molecule has 0 aliphatic carbocycles. The summed E-state index contributed by atoms with van der Waals surface area (Å²) in [4.78, 5) is 15.9. The van der Waals surface area contributed by atoms with E-state index in [1.807, 2.05) is 36.4 Å². The van der Waals surface area contributed by atoms with Crippen molar-refractivity contribution in [3.05, 3.63) is 102 Å². The zero-order chi connectivity index (χ0) is 17.8. The minimum atomic E-state index is -0.699. The van der Waals surface area contributed by atoms with E-state index >= 15 is 0 Å². The molecule has 0 amide bonds. The predicted molar refractivity (Wildman–Crippen MR) is 101 cm³/mol. The van der Waals surface area contributed by atoms with Gasteiger partial charge in [-0.3, -0.25) is 4.98 Å². The first-order valence-corrected chi connectivity index (χ1v) is 8.72. The van der Waals surface area contributed by atoms with Crippen LogP contribution in [0.15, 0.2) is 91.3 Å². The number of nitrogens with zero attached hydrogens (tertiary/aromatic N) is 1. The maximum absolute atomic E-state index is 11.8. The molecule has 0 fully saturated rings. The van der Waals surface area contributed by atoms with Gasteiger partial charge in [0.25, 0.3) is 0 Å². The van der Waals surface area contributed by atoms with Crippen LogP contribution < -0.4 is 0 Å². The lowest BCUT2D eigenvalue weighted by Gasteiger charge is -2.27. The molecule has 0 bridgehead atoms. The summed E-state index contributed by atoms with van der Waals surface area (Å²) in [6, 6.07) is 22.5. The Morgan fingerprint density at radius 3 is 2.19 bits per heavy atom. The van der Waals surface area contributed by atoms with Gasteiger partial charge in [0.2, 0.25) is 0 Å². The van der Waals surface area contributed by atoms with Crippen molar-refractivity contribution < 1.29 is 9.53 Å². The second-order valence-electron chi connectivity index (χ2n) is 6.44. The predicted octanol–water partition coefficient (Wildman–Crippen LogP) is 4.69. The van der Waals surface area contributed by atoms with Gasteiger partial charge in [-0.1, -0.05) is 54.6 Å². The normalized spacial score (nSPS) is 18.7. The summed E-state index contributed by atoms with van der Waals surface area (Å²) in [5.41, 5.74) is 3.79. The number of ether oxygens (including phenoxy) is 1. The van der Waals surface area contributed by atoms with Gasteiger partial charge in [-0.2, -0.15) is 0 Å². The van der Waals surface area contributed by atoms with Crippen LogP contribution in [0.1, 0.15) is 17.5 Å². The molecule has 3 heteroatoms. The average molecular weight is 341 g/mol. The fourth-order valence-electron chi connectivity index (χ4n) is 3.34. The van der Waals surface area contributed by atoms with E-state index in [0.717, 1.165) is 17.5 Å². The molecular formula is C23H19NO2. The lowest BCUT2D eigenvalue weighted by atomic mass is 9.87. The molecule has 0 saturated heterocycles. The maximum atomic E-state index is 11.8. The third kappa shape index (κ3) is 3.29. The van der Waals surface area contributed by atoms with Crippen LogP contribution in [0.25, 0.3) is 11.1 Å². The number of aryl methyl sites for hydroxylation is 1. The lowest BCUT2D eigenvalue weighted by molar-refractivity contribution is -0.146. The molecular weight excluding hydrogens is 322 g/mol. The highest BCUT2D eigenvalue weighted by Crippen LogP contribution is 2.37. The minimum absolute atomic E-state index is 0.285. The van der Waals surface area contributed by atoms with E-state index < -0.39 is 5.60 Å². The number of rotatable bonds is 5. The standard InChI is InChI=1S/C23H19NO2/c25-22-11-15-23(26-22,14-10-18-12-16-24-17-13-18)21-8-6-20(7-9-21)19-4-2-1-3-5-19/h1-9,11-13,15-17H,10,14H2. The molecule has 26 heavy (non-hydrogen) atoms. The first-order valence-electron chi connectivity index (χ1n) is 8.72. The molecule has 0 saturated carbocycles. The highest BCUT2D eigenvalue weighted by molar-refractivity contribution is 5.85. The summed E-state index contributed by atoms with van der Waals surface area (Å²) in [5, 5.41) is 0. The second kappa shape index (κ2) is 6.96. The number of aromatic nitrogens is 1. The fraction of sp³-hybridized carbons (Fsp3) is 0.130. The Hall–Kier alpha value is -3.20. The molecule has 1 aromatic heterocycles. The van der Waals surface area contributed by atoms with Crippen molar-refractivity contribution in [2.24, 2.45) is 0 Å². The monoisotopic (exact) mass is 341 g/mol. The Bertz CT molecular complexity index is 917. The van der Waals surface area contributed by atoms with Crippen LogP contribution in [-0.4, -0.2) is 11.0 Å². The van der Waals surface area contributed by atoms with Crippen LogP contribution >= 0.6 is 0 Å². The molecule has 1 unspecified atom stereocenters. The van der Waals surface area contributed by atoms with Gasteiger partial charge in [0, 0.05) is 18.5 Å². The molecule has 4 rings (SSSR count). The molecule has 0 spiro atoms. The van der Waals surface area contributed by atoms with Gasteiger partial charge in [-0.15, -0.1) is 0 Å². The van der Waals surface area contributed by atoms with Crippen molar-refractivity contribution in [3.63, 3.8) is 0 Å². The molecule has 1 atom stereocenters. The summed E-state index contributed by atoms with van der Waals surface area (Å²) in [6.45, 7) is 0. The molecule has 0 radical (unpaired) electrons. The van der Waals surface area contributed by atoms with Gasteiger partial charge < -0.3 is 4.74 Å². The number of hydrogen-bond acceptors (Lipinski definition) is 3. The minimum Gasteiger partial charge on any atom is -0.447 e. The van der Waals surface area contributed by atoms with E-state index in [4.69, 9.17) is 4.74 Å². The molecule has 1 aliphatic rings. The van der Waals surface area contributed by atoms with E-state index in [9.17, 15) is 4.79 Å². The third-order valence-corrected chi connectivity index (χ3v) is 4.79. The lowest BCUT2D eigenvalue weighted by Crippen LogP contribution is -2.26. The molecule has 2 aromatic carbocycles. The van der Waals surface area contributed by atoms with Crippen molar-refractivity contribution in [2.75, 3.05) is 0 Å². The van der Waals surface area contributed by atoms with Gasteiger partial charge in [0.1, 0.15) is 0 Å². The van der Waals surface area contributed by atoms with Gasteiger partial charge in [-0.05, 0) is 53.3 Å². The number of hydrogen-bond donors (Lipinski definition) is 0. The molecule has 3 aromatic rings. The first-order chi connectivity index (χ1) is 12.8. The Morgan fingerprint density at radius 1 is 0.846 bits per heavy atom. The van der Waals surface area contributed by atoms with Crippen LogP contribution in [0.5, 0.6) is 0 Å². The van der Waals surface area contributed by atoms with Crippen LogP contribution in [0.2, 0.25) is 0 Å². The molecule has 128 valence electrons. The maximum Gasteiger partial charge on any atom is 0.331 e. The van der Waals surface area contributed by atoms with E-state index in [1.165, 1.54) is 17.2 Å². The SMILES string of the molecule is O=C1C=CC(CCc2ccncc2)(c2ccc(-c3ccccc3)cc2)O1. The number of carbonyl (C=O) groups excluding carboxylic acids is 1. The number of benzene rings is 2. The zero-order valence-corrected chi connectivity index (χ0v) is 14.3. The van der Waals surface area contributed by atoms with Crippen molar-refractivity contribution in [3.8, 4) is 11.1 Å². The first kappa shape index (κ1) is 16.3. The van der Waals surface area contributed by atoms with E-state index in [1.54, 1.807) is 12.4 Å². The zero-order valence-electron chi connectivity index (χ0n) is 14.3. The fourth-order valence-corrected chi connectivity index (χ4v) is 3.34. The van der Waals surface area contributed by atoms with Crippen LogP contribution in [-0.2, 0) is 21.6 Å². The topological polar surface area (TPSA) is 39.2 Å². The Kier molecular flexibility index (Phi) is 4.36.